The third-order valence-corrected chi connectivity index (χ3v) is 4.76. The average Bonchev–Trinajstić information content (AvgIpc) is 3.18. The lowest BCUT2D eigenvalue weighted by Gasteiger charge is -2.32. The normalized spacial score (nSPS) is 18.1. The fraction of sp³-hybridized carbons (Fsp3) is 0.421. The fourth-order valence-electron chi connectivity index (χ4n) is 3.49. The van der Waals surface area contributed by atoms with Crippen LogP contribution in [0.25, 0.3) is 11.4 Å². The minimum Gasteiger partial charge on any atom is -0.339 e. The van der Waals surface area contributed by atoms with Gasteiger partial charge in [-0.1, -0.05) is 18.1 Å². The topological polar surface area (TPSA) is 80.8 Å². The predicted octanol–water partition coefficient (Wildman–Crippen LogP) is 2.86. The Bertz CT molecular complexity index is 850. The molecule has 0 aromatic carbocycles. The van der Waals surface area contributed by atoms with Gasteiger partial charge in [-0.05, 0) is 31.5 Å². The van der Waals surface area contributed by atoms with Crippen LogP contribution in [0.3, 0.4) is 0 Å². The van der Waals surface area contributed by atoms with Gasteiger partial charge in [0.15, 0.2) is 0 Å². The molecule has 1 aliphatic heterocycles. The second kappa shape index (κ2) is 7.70. The van der Waals surface area contributed by atoms with Gasteiger partial charge in [-0.3, -0.25) is 9.88 Å². The summed E-state index contributed by atoms with van der Waals surface area (Å²) in [5.41, 5.74) is 2.98. The SMILES string of the molecule is CCc1nc(-c2cncnc2[C@H]2CCCN(Cc3ccccn3)C2)no1. The zero-order valence-electron chi connectivity index (χ0n) is 14.9. The number of hydrogen-bond donors (Lipinski definition) is 0. The molecule has 0 spiro atoms. The van der Waals surface area contributed by atoms with Crippen molar-refractivity contribution < 1.29 is 4.52 Å². The van der Waals surface area contributed by atoms with Gasteiger partial charge < -0.3 is 4.52 Å². The van der Waals surface area contributed by atoms with E-state index in [-0.39, 0.29) is 0 Å². The van der Waals surface area contributed by atoms with Crippen molar-refractivity contribution in [3.8, 4) is 11.4 Å². The number of nitrogens with zero attached hydrogens (tertiary/aromatic N) is 6. The molecular weight excluding hydrogens is 328 g/mol. The van der Waals surface area contributed by atoms with Gasteiger partial charge in [0.1, 0.15) is 6.33 Å². The molecule has 0 amide bonds. The van der Waals surface area contributed by atoms with Crippen molar-refractivity contribution in [3.63, 3.8) is 0 Å². The molecule has 0 radical (unpaired) electrons. The molecule has 1 fully saturated rings. The van der Waals surface area contributed by atoms with E-state index >= 15 is 0 Å². The third kappa shape index (κ3) is 3.62. The molecule has 1 saturated heterocycles. The van der Waals surface area contributed by atoms with Gasteiger partial charge in [0.05, 0.1) is 17.0 Å². The summed E-state index contributed by atoms with van der Waals surface area (Å²) in [4.78, 5) is 20.1. The zero-order valence-corrected chi connectivity index (χ0v) is 14.9. The first-order valence-corrected chi connectivity index (χ1v) is 9.08. The maximum absolute atomic E-state index is 5.28. The summed E-state index contributed by atoms with van der Waals surface area (Å²) >= 11 is 0. The minimum atomic E-state index is 0.328. The van der Waals surface area contributed by atoms with E-state index in [1.807, 2.05) is 25.3 Å². The van der Waals surface area contributed by atoms with Crippen molar-refractivity contribution in [2.45, 2.75) is 38.6 Å². The van der Waals surface area contributed by atoms with E-state index in [9.17, 15) is 0 Å². The predicted molar refractivity (Wildman–Crippen MR) is 96.2 cm³/mol. The van der Waals surface area contributed by atoms with E-state index in [0.717, 1.165) is 55.8 Å². The summed E-state index contributed by atoms with van der Waals surface area (Å²) in [5.74, 6) is 1.54. The van der Waals surface area contributed by atoms with Gasteiger partial charge in [0.2, 0.25) is 11.7 Å². The van der Waals surface area contributed by atoms with Crippen LogP contribution in [0.4, 0.5) is 0 Å². The monoisotopic (exact) mass is 350 g/mol. The number of pyridine rings is 1. The van der Waals surface area contributed by atoms with Crippen LogP contribution in [-0.4, -0.2) is 43.1 Å². The minimum absolute atomic E-state index is 0.328. The van der Waals surface area contributed by atoms with Crippen molar-refractivity contribution in [1.82, 2.24) is 30.0 Å². The van der Waals surface area contributed by atoms with Gasteiger partial charge in [0, 0.05) is 37.8 Å². The first-order chi connectivity index (χ1) is 12.8. The quantitative estimate of drug-likeness (QED) is 0.700. The molecule has 4 rings (SSSR count). The van der Waals surface area contributed by atoms with Crippen LogP contribution in [0.15, 0.2) is 41.4 Å². The summed E-state index contributed by atoms with van der Waals surface area (Å²) in [6.45, 7) is 4.88. The second-order valence-electron chi connectivity index (χ2n) is 6.58. The summed E-state index contributed by atoms with van der Waals surface area (Å²) in [5, 5.41) is 4.11. The summed E-state index contributed by atoms with van der Waals surface area (Å²) in [6, 6.07) is 6.06. The van der Waals surface area contributed by atoms with E-state index in [2.05, 4.69) is 36.1 Å². The Hall–Kier alpha value is -2.67. The van der Waals surface area contributed by atoms with Crippen molar-refractivity contribution in [2.24, 2.45) is 0 Å². The first-order valence-electron chi connectivity index (χ1n) is 9.08. The molecule has 7 heteroatoms. The Morgan fingerprint density at radius 2 is 2.23 bits per heavy atom. The van der Waals surface area contributed by atoms with Crippen LogP contribution < -0.4 is 0 Å². The molecule has 7 nitrogen and oxygen atoms in total. The molecule has 1 aliphatic rings. The van der Waals surface area contributed by atoms with Crippen molar-refractivity contribution in [1.29, 1.82) is 0 Å². The molecule has 0 bridgehead atoms. The molecule has 0 saturated carbocycles. The molecule has 1 atom stereocenters. The van der Waals surface area contributed by atoms with E-state index < -0.39 is 0 Å². The van der Waals surface area contributed by atoms with Crippen LogP contribution in [-0.2, 0) is 13.0 Å². The van der Waals surface area contributed by atoms with Gasteiger partial charge in [0.25, 0.3) is 0 Å². The lowest BCUT2D eigenvalue weighted by Crippen LogP contribution is -2.34. The molecule has 26 heavy (non-hydrogen) atoms. The molecule has 0 aliphatic carbocycles. The smallest absolute Gasteiger partial charge is 0.226 e. The number of aryl methyl sites for hydroxylation is 1. The number of rotatable bonds is 5. The van der Waals surface area contributed by atoms with E-state index in [4.69, 9.17) is 4.52 Å². The molecule has 0 unspecified atom stereocenters. The van der Waals surface area contributed by atoms with Crippen LogP contribution >= 0.6 is 0 Å². The van der Waals surface area contributed by atoms with Crippen LogP contribution in [0, 0.1) is 0 Å². The Kier molecular flexibility index (Phi) is 4.97. The number of aromatic nitrogens is 5. The van der Waals surface area contributed by atoms with Gasteiger partial charge >= 0.3 is 0 Å². The molecule has 3 aromatic rings. The van der Waals surface area contributed by atoms with Crippen LogP contribution in [0.2, 0.25) is 0 Å². The Morgan fingerprint density at radius 3 is 3.04 bits per heavy atom. The maximum Gasteiger partial charge on any atom is 0.226 e. The van der Waals surface area contributed by atoms with Crippen LogP contribution in [0.1, 0.15) is 43.0 Å². The molecule has 134 valence electrons. The molecule has 4 heterocycles. The number of likely N-dealkylation sites (tertiary alicyclic amines) is 1. The van der Waals surface area contributed by atoms with Crippen molar-refractivity contribution in [2.75, 3.05) is 13.1 Å². The largest absolute Gasteiger partial charge is 0.339 e. The van der Waals surface area contributed by atoms with Gasteiger partial charge in [-0.25, -0.2) is 9.97 Å². The Balaban J connectivity index is 1.55. The highest BCUT2D eigenvalue weighted by molar-refractivity contribution is 5.57. The average molecular weight is 350 g/mol. The molecule has 0 N–H and O–H groups in total. The highest BCUT2D eigenvalue weighted by atomic mass is 16.5. The van der Waals surface area contributed by atoms with E-state index in [1.165, 1.54) is 0 Å². The highest BCUT2D eigenvalue weighted by Gasteiger charge is 2.26. The van der Waals surface area contributed by atoms with Gasteiger partial charge in [-0.15, -0.1) is 0 Å². The molecule has 3 aromatic heterocycles. The van der Waals surface area contributed by atoms with Crippen molar-refractivity contribution >= 4 is 0 Å². The lowest BCUT2D eigenvalue weighted by molar-refractivity contribution is 0.196. The fourth-order valence-corrected chi connectivity index (χ4v) is 3.49. The zero-order chi connectivity index (χ0) is 17.8. The number of piperidine rings is 1. The Morgan fingerprint density at radius 1 is 1.27 bits per heavy atom. The summed E-state index contributed by atoms with van der Waals surface area (Å²) in [6.07, 6.45) is 8.20. The highest BCUT2D eigenvalue weighted by Crippen LogP contribution is 2.31. The lowest BCUT2D eigenvalue weighted by atomic mass is 9.91. The number of hydrogen-bond acceptors (Lipinski definition) is 7. The van der Waals surface area contributed by atoms with Crippen LogP contribution in [0.5, 0.6) is 0 Å². The second-order valence-corrected chi connectivity index (χ2v) is 6.58. The van der Waals surface area contributed by atoms with Gasteiger partial charge in [-0.2, -0.15) is 4.98 Å². The summed E-state index contributed by atoms with van der Waals surface area (Å²) < 4.78 is 5.28. The van der Waals surface area contributed by atoms with E-state index in [1.54, 1.807) is 12.5 Å². The maximum atomic E-state index is 5.28. The Labute approximate surface area is 152 Å². The van der Waals surface area contributed by atoms with E-state index in [0.29, 0.717) is 17.6 Å². The molecular formula is C19H22N6O. The van der Waals surface area contributed by atoms with Crippen molar-refractivity contribution in [3.05, 3.63) is 54.2 Å². The standard InChI is InChI=1S/C19H22N6O/c1-2-17-23-19(24-26-17)16-10-20-13-22-18(16)14-6-5-9-25(11-14)12-15-7-3-4-8-21-15/h3-4,7-8,10,13-14H,2,5-6,9,11-12H2,1H3/t14-/m0/s1. The summed E-state index contributed by atoms with van der Waals surface area (Å²) in [7, 11) is 0. The first kappa shape index (κ1) is 16.8. The third-order valence-electron chi connectivity index (χ3n) is 4.76.